The number of halogens is 1. The molecule has 0 fully saturated rings. The molecule has 0 aliphatic heterocycles. The van der Waals surface area contributed by atoms with Crippen LogP contribution in [0.15, 0.2) is 42.7 Å². The van der Waals surface area contributed by atoms with Gasteiger partial charge in [0, 0.05) is 29.3 Å². The van der Waals surface area contributed by atoms with Gasteiger partial charge in [-0.25, -0.2) is 19.0 Å². The molecule has 0 bridgehead atoms. The van der Waals surface area contributed by atoms with Crippen molar-refractivity contribution in [1.82, 2.24) is 29.5 Å². The average Bonchev–Trinajstić information content (AvgIpc) is 3.37. The van der Waals surface area contributed by atoms with E-state index >= 15 is 0 Å². The van der Waals surface area contributed by atoms with E-state index in [-0.39, 0.29) is 18.3 Å². The Morgan fingerprint density at radius 3 is 2.34 bits per heavy atom. The SMILES string of the molecule is C.CCc1c(Cc2cc(-n3nc(C)cc3C)ncn2)nn(CCO[SiH](C)C(C)(C)C)c1-c1ccc(F)cc1. The van der Waals surface area contributed by atoms with Gasteiger partial charge >= 0.3 is 0 Å². The van der Waals surface area contributed by atoms with E-state index in [2.05, 4.69) is 49.3 Å². The summed E-state index contributed by atoms with van der Waals surface area (Å²) in [5.41, 5.74) is 6.89. The molecule has 0 saturated heterocycles. The maximum absolute atomic E-state index is 13.7. The van der Waals surface area contributed by atoms with Crippen LogP contribution in [0.25, 0.3) is 17.1 Å². The van der Waals surface area contributed by atoms with Crippen molar-refractivity contribution in [2.75, 3.05) is 6.61 Å². The number of nitrogens with zero attached hydrogens (tertiary/aromatic N) is 6. The third-order valence-electron chi connectivity index (χ3n) is 6.78. The van der Waals surface area contributed by atoms with Crippen LogP contribution < -0.4 is 0 Å². The maximum atomic E-state index is 13.7. The summed E-state index contributed by atoms with van der Waals surface area (Å²) in [6.07, 6.45) is 2.94. The Balaban J connectivity index is 0.00000400. The van der Waals surface area contributed by atoms with Crippen LogP contribution >= 0.6 is 0 Å². The van der Waals surface area contributed by atoms with Crippen LogP contribution in [0.2, 0.25) is 11.6 Å². The molecule has 0 saturated carbocycles. The average molecular weight is 537 g/mol. The Morgan fingerprint density at radius 2 is 1.74 bits per heavy atom. The topological polar surface area (TPSA) is 70.7 Å². The van der Waals surface area contributed by atoms with Gasteiger partial charge in [-0.1, -0.05) is 35.1 Å². The molecule has 3 aromatic heterocycles. The van der Waals surface area contributed by atoms with Crippen molar-refractivity contribution in [3.63, 3.8) is 0 Å². The molecule has 0 aliphatic carbocycles. The Labute approximate surface area is 227 Å². The van der Waals surface area contributed by atoms with Crippen LogP contribution in [0.4, 0.5) is 4.39 Å². The number of hydrogen-bond donors (Lipinski definition) is 0. The van der Waals surface area contributed by atoms with Crippen LogP contribution in [0.5, 0.6) is 0 Å². The zero-order valence-electron chi connectivity index (χ0n) is 22.9. The van der Waals surface area contributed by atoms with Crippen LogP contribution in [0.3, 0.4) is 0 Å². The third-order valence-corrected chi connectivity index (χ3v) is 9.95. The normalized spacial score (nSPS) is 12.4. The van der Waals surface area contributed by atoms with Crippen LogP contribution in [-0.4, -0.2) is 45.2 Å². The maximum Gasteiger partial charge on any atom is 0.179 e. The first-order valence-electron chi connectivity index (χ1n) is 12.9. The van der Waals surface area contributed by atoms with Crippen molar-refractivity contribution in [3.05, 3.63) is 76.9 Å². The van der Waals surface area contributed by atoms with Gasteiger partial charge in [0.05, 0.1) is 35.9 Å². The zero-order chi connectivity index (χ0) is 26.7. The molecule has 4 aromatic rings. The fourth-order valence-electron chi connectivity index (χ4n) is 4.35. The quantitative estimate of drug-likeness (QED) is 0.237. The van der Waals surface area contributed by atoms with E-state index in [1.807, 2.05) is 47.5 Å². The summed E-state index contributed by atoms with van der Waals surface area (Å²) in [5.74, 6) is 0.487. The molecule has 3 heterocycles. The molecular weight excluding hydrogens is 495 g/mol. The Kier molecular flexibility index (Phi) is 9.38. The molecule has 1 aromatic carbocycles. The van der Waals surface area contributed by atoms with Gasteiger partial charge in [-0.15, -0.1) is 0 Å². The van der Waals surface area contributed by atoms with Gasteiger partial charge in [0.15, 0.2) is 14.9 Å². The van der Waals surface area contributed by atoms with Crippen molar-refractivity contribution in [3.8, 4) is 17.1 Å². The monoisotopic (exact) mass is 536 g/mol. The van der Waals surface area contributed by atoms with E-state index in [0.29, 0.717) is 19.6 Å². The number of aryl methyl sites for hydroxylation is 2. The van der Waals surface area contributed by atoms with Gasteiger partial charge in [0.25, 0.3) is 0 Å². The molecule has 0 radical (unpaired) electrons. The molecular formula is C29H41FN6OSi. The first kappa shape index (κ1) is 29.4. The number of aromatic nitrogens is 6. The predicted octanol–water partition coefficient (Wildman–Crippen LogP) is 6.24. The van der Waals surface area contributed by atoms with E-state index in [1.54, 1.807) is 6.33 Å². The van der Waals surface area contributed by atoms with Gasteiger partial charge in [-0.3, -0.25) is 4.68 Å². The van der Waals surface area contributed by atoms with Gasteiger partial charge in [-0.05, 0) is 62.2 Å². The number of benzene rings is 1. The summed E-state index contributed by atoms with van der Waals surface area (Å²) in [6.45, 7) is 16.3. The van der Waals surface area contributed by atoms with Crippen molar-refractivity contribution < 1.29 is 8.82 Å². The van der Waals surface area contributed by atoms with E-state index in [4.69, 9.17) is 9.52 Å². The van der Waals surface area contributed by atoms with Gasteiger partial charge in [0.1, 0.15) is 12.1 Å². The lowest BCUT2D eigenvalue weighted by Gasteiger charge is -2.25. The number of rotatable bonds is 9. The minimum absolute atomic E-state index is 0. The predicted molar refractivity (Wildman–Crippen MR) is 154 cm³/mol. The summed E-state index contributed by atoms with van der Waals surface area (Å²) >= 11 is 0. The second-order valence-electron chi connectivity index (χ2n) is 10.6. The van der Waals surface area contributed by atoms with Crippen molar-refractivity contribution in [2.45, 2.75) is 79.9 Å². The van der Waals surface area contributed by atoms with Crippen molar-refractivity contribution in [2.24, 2.45) is 0 Å². The van der Waals surface area contributed by atoms with Gasteiger partial charge in [0.2, 0.25) is 0 Å². The third kappa shape index (κ3) is 6.63. The van der Waals surface area contributed by atoms with Crippen LogP contribution in [-0.2, 0) is 23.8 Å². The molecule has 38 heavy (non-hydrogen) atoms. The fourth-order valence-corrected chi connectivity index (χ4v) is 5.31. The lowest BCUT2D eigenvalue weighted by Crippen LogP contribution is -2.27. The summed E-state index contributed by atoms with van der Waals surface area (Å²) < 4.78 is 23.9. The fraction of sp³-hybridized carbons (Fsp3) is 0.448. The van der Waals surface area contributed by atoms with Crippen molar-refractivity contribution >= 4 is 9.04 Å². The molecule has 4 rings (SSSR count). The Morgan fingerprint density at radius 1 is 1.03 bits per heavy atom. The Hall–Kier alpha value is -3.17. The van der Waals surface area contributed by atoms with E-state index in [0.717, 1.165) is 51.8 Å². The molecule has 0 aliphatic rings. The first-order chi connectivity index (χ1) is 17.6. The smallest absolute Gasteiger partial charge is 0.179 e. The second-order valence-corrected chi connectivity index (χ2v) is 14.0. The summed E-state index contributed by atoms with van der Waals surface area (Å²) in [5, 5.41) is 9.79. The second kappa shape index (κ2) is 12.1. The molecule has 0 spiro atoms. The lowest BCUT2D eigenvalue weighted by atomic mass is 10.0. The molecule has 0 N–H and O–H groups in total. The summed E-state index contributed by atoms with van der Waals surface area (Å²) in [4.78, 5) is 8.98. The summed E-state index contributed by atoms with van der Waals surface area (Å²) in [6, 6.07) is 10.6. The number of hydrogen-bond acceptors (Lipinski definition) is 5. The standard InChI is InChI=1S/C28H37FN6OSi.CH4/c1-8-24-25(16-23-17-26(31-18-30-23)35-20(3)15-19(2)32-35)33-34(13-14-36-37(7)28(4,5)6)27(24)21-9-11-22(29)12-10-21;/h9-12,15,17-18,37H,8,13-14,16H2,1-7H3;1H4. The van der Waals surface area contributed by atoms with Crippen LogP contribution in [0.1, 0.15) is 63.5 Å². The highest BCUT2D eigenvalue weighted by molar-refractivity contribution is 6.53. The Bertz CT molecular complexity index is 1360. The lowest BCUT2D eigenvalue weighted by molar-refractivity contribution is 0.282. The molecule has 9 heteroatoms. The molecule has 7 nitrogen and oxygen atoms in total. The minimum atomic E-state index is -1.35. The van der Waals surface area contributed by atoms with Gasteiger partial charge in [-0.2, -0.15) is 10.2 Å². The highest BCUT2D eigenvalue weighted by Crippen LogP contribution is 2.30. The zero-order valence-corrected chi connectivity index (χ0v) is 24.1. The van der Waals surface area contributed by atoms with Gasteiger partial charge < -0.3 is 4.43 Å². The highest BCUT2D eigenvalue weighted by atomic mass is 28.3. The van der Waals surface area contributed by atoms with E-state index in [1.165, 1.54) is 12.1 Å². The summed E-state index contributed by atoms with van der Waals surface area (Å²) in [7, 11) is -1.35. The largest absolute Gasteiger partial charge is 0.418 e. The van der Waals surface area contributed by atoms with Crippen molar-refractivity contribution in [1.29, 1.82) is 0 Å². The van der Waals surface area contributed by atoms with Crippen LogP contribution in [0, 0.1) is 19.7 Å². The minimum Gasteiger partial charge on any atom is -0.418 e. The molecule has 204 valence electrons. The van der Waals surface area contributed by atoms with E-state index in [9.17, 15) is 4.39 Å². The highest BCUT2D eigenvalue weighted by Gasteiger charge is 2.24. The molecule has 1 unspecified atom stereocenters. The first-order valence-corrected chi connectivity index (χ1v) is 15.1. The molecule has 0 amide bonds. The molecule has 1 atom stereocenters. The van der Waals surface area contributed by atoms with E-state index < -0.39 is 9.04 Å².